The molecule has 148 valence electrons. The third-order valence-electron chi connectivity index (χ3n) is 4.07. The van der Waals surface area contributed by atoms with Crippen LogP contribution in [0.1, 0.15) is 24.2 Å². The predicted molar refractivity (Wildman–Crippen MR) is 115 cm³/mol. The lowest BCUT2D eigenvalue weighted by Crippen LogP contribution is -2.13. The Kier molecular flexibility index (Phi) is 6.46. The standard InChI is InChI=1S/C20H15ClN4O2.C2H6/c1-25-17(11-16(24-25)18-7-4-10-27-18)13-8-9-19(22-12-13)23-20(26)14-5-2-3-6-15(14)21;1-2/h2-12H,1H3,(H,22,23,26);1-2H3. The number of aromatic nitrogens is 3. The number of carbonyl (C=O) groups is 1. The highest BCUT2D eigenvalue weighted by atomic mass is 35.5. The van der Waals surface area contributed by atoms with Gasteiger partial charge in [0.05, 0.1) is 22.5 Å². The van der Waals surface area contributed by atoms with Gasteiger partial charge in [-0.15, -0.1) is 0 Å². The van der Waals surface area contributed by atoms with Gasteiger partial charge in [0, 0.05) is 18.8 Å². The Morgan fingerprint density at radius 2 is 1.90 bits per heavy atom. The monoisotopic (exact) mass is 408 g/mol. The van der Waals surface area contributed by atoms with Crippen LogP contribution in [0.3, 0.4) is 0 Å². The molecule has 1 amide bonds. The first-order valence-electron chi connectivity index (χ1n) is 9.22. The van der Waals surface area contributed by atoms with Crippen molar-refractivity contribution in [3.8, 4) is 22.7 Å². The van der Waals surface area contributed by atoms with Crippen LogP contribution in [0.2, 0.25) is 5.02 Å². The fraction of sp³-hybridized carbons (Fsp3) is 0.136. The minimum atomic E-state index is -0.304. The lowest BCUT2D eigenvalue weighted by Gasteiger charge is -2.07. The minimum absolute atomic E-state index is 0.304. The van der Waals surface area contributed by atoms with Crippen molar-refractivity contribution in [2.45, 2.75) is 13.8 Å². The summed E-state index contributed by atoms with van der Waals surface area (Å²) in [6, 6.07) is 16.1. The number of amides is 1. The first kappa shape index (κ1) is 20.4. The molecule has 0 fully saturated rings. The van der Waals surface area contributed by atoms with Crippen molar-refractivity contribution in [3.05, 3.63) is 77.6 Å². The summed E-state index contributed by atoms with van der Waals surface area (Å²) in [7, 11) is 1.86. The number of halogens is 1. The maximum Gasteiger partial charge on any atom is 0.258 e. The summed E-state index contributed by atoms with van der Waals surface area (Å²) in [5, 5.41) is 7.60. The average molecular weight is 409 g/mol. The Hall–Kier alpha value is -3.38. The molecule has 0 bridgehead atoms. The molecule has 4 rings (SSSR count). The Balaban J connectivity index is 0.00000117. The van der Waals surface area contributed by atoms with Crippen molar-refractivity contribution in [2.75, 3.05) is 5.32 Å². The van der Waals surface area contributed by atoms with E-state index in [4.69, 9.17) is 16.0 Å². The second kappa shape index (κ2) is 9.21. The van der Waals surface area contributed by atoms with Crippen molar-refractivity contribution in [2.24, 2.45) is 7.05 Å². The topological polar surface area (TPSA) is 73.0 Å². The molecule has 1 aromatic carbocycles. The number of nitrogens with one attached hydrogen (secondary N) is 1. The summed E-state index contributed by atoms with van der Waals surface area (Å²) in [6.07, 6.45) is 3.30. The molecule has 1 N–H and O–H groups in total. The van der Waals surface area contributed by atoms with Crippen LogP contribution in [-0.4, -0.2) is 20.7 Å². The molecule has 6 nitrogen and oxygen atoms in total. The summed E-state index contributed by atoms with van der Waals surface area (Å²) >= 11 is 6.05. The van der Waals surface area contributed by atoms with Gasteiger partial charge >= 0.3 is 0 Å². The van der Waals surface area contributed by atoms with Gasteiger partial charge in [0.1, 0.15) is 11.5 Å². The largest absolute Gasteiger partial charge is 0.463 e. The van der Waals surface area contributed by atoms with Crippen LogP contribution < -0.4 is 5.32 Å². The van der Waals surface area contributed by atoms with Gasteiger partial charge in [-0.1, -0.05) is 37.6 Å². The highest BCUT2D eigenvalue weighted by Crippen LogP contribution is 2.26. The molecule has 0 unspecified atom stereocenters. The Bertz CT molecular complexity index is 1090. The molecule has 0 atom stereocenters. The Morgan fingerprint density at radius 3 is 2.55 bits per heavy atom. The van der Waals surface area contributed by atoms with Gasteiger partial charge in [-0.3, -0.25) is 9.48 Å². The zero-order chi connectivity index (χ0) is 20.8. The minimum Gasteiger partial charge on any atom is -0.463 e. The van der Waals surface area contributed by atoms with Gasteiger partial charge in [0.15, 0.2) is 5.76 Å². The SMILES string of the molecule is CC.Cn1nc(-c2ccco2)cc1-c1ccc(NC(=O)c2ccccc2Cl)nc1. The molecule has 7 heteroatoms. The van der Waals surface area contributed by atoms with E-state index in [0.29, 0.717) is 22.2 Å². The van der Waals surface area contributed by atoms with E-state index in [1.165, 1.54) is 0 Å². The zero-order valence-corrected chi connectivity index (χ0v) is 17.1. The van der Waals surface area contributed by atoms with Crippen molar-refractivity contribution < 1.29 is 9.21 Å². The third-order valence-corrected chi connectivity index (χ3v) is 4.40. The molecule has 0 aliphatic rings. The summed E-state index contributed by atoms with van der Waals surface area (Å²) in [4.78, 5) is 16.6. The molecule has 0 saturated carbocycles. The average Bonchev–Trinajstić information content (AvgIpc) is 3.40. The van der Waals surface area contributed by atoms with Crippen LogP contribution in [0.25, 0.3) is 22.7 Å². The number of carbonyl (C=O) groups excluding carboxylic acids is 1. The van der Waals surface area contributed by atoms with Gasteiger partial charge < -0.3 is 9.73 Å². The van der Waals surface area contributed by atoms with E-state index >= 15 is 0 Å². The van der Waals surface area contributed by atoms with Crippen LogP contribution in [0.15, 0.2) is 71.5 Å². The number of anilines is 1. The van der Waals surface area contributed by atoms with E-state index in [1.54, 1.807) is 47.5 Å². The van der Waals surface area contributed by atoms with E-state index in [-0.39, 0.29) is 5.91 Å². The van der Waals surface area contributed by atoms with E-state index in [1.807, 2.05) is 45.2 Å². The van der Waals surface area contributed by atoms with Gasteiger partial charge in [-0.05, 0) is 42.5 Å². The summed E-state index contributed by atoms with van der Waals surface area (Å²) < 4.78 is 7.15. The molecular formula is C22H21ClN4O2. The number of benzene rings is 1. The fourth-order valence-corrected chi connectivity index (χ4v) is 2.95. The van der Waals surface area contributed by atoms with Crippen molar-refractivity contribution in [1.29, 1.82) is 0 Å². The van der Waals surface area contributed by atoms with Crippen LogP contribution in [0, 0.1) is 0 Å². The number of hydrogen-bond acceptors (Lipinski definition) is 4. The third kappa shape index (κ3) is 4.55. The van der Waals surface area contributed by atoms with Crippen LogP contribution in [-0.2, 0) is 7.05 Å². The lowest BCUT2D eigenvalue weighted by atomic mass is 10.2. The first-order valence-corrected chi connectivity index (χ1v) is 9.60. The quantitative estimate of drug-likeness (QED) is 0.471. The highest BCUT2D eigenvalue weighted by Gasteiger charge is 2.13. The number of aryl methyl sites for hydroxylation is 1. The maximum absolute atomic E-state index is 12.3. The number of pyridine rings is 1. The number of furan rings is 1. The van der Waals surface area contributed by atoms with E-state index in [0.717, 1.165) is 17.0 Å². The number of rotatable bonds is 4. The Labute approximate surface area is 174 Å². The summed E-state index contributed by atoms with van der Waals surface area (Å²) in [6.45, 7) is 4.00. The molecule has 0 aliphatic carbocycles. The number of hydrogen-bond donors (Lipinski definition) is 1. The van der Waals surface area contributed by atoms with Crippen LogP contribution in [0.5, 0.6) is 0 Å². The van der Waals surface area contributed by atoms with Gasteiger partial charge in [-0.2, -0.15) is 5.10 Å². The van der Waals surface area contributed by atoms with Gasteiger partial charge in [-0.25, -0.2) is 4.98 Å². The van der Waals surface area contributed by atoms with Crippen LogP contribution in [0.4, 0.5) is 5.82 Å². The highest BCUT2D eigenvalue weighted by molar-refractivity contribution is 6.34. The Morgan fingerprint density at radius 1 is 1.10 bits per heavy atom. The van der Waals surface area contributed by atoms with Gasteiger partial charge in [0.2, 0.25) is 0 Å². The first-order chi connectivity index (χ1) is 14.1. The maximum atomic E-state index is 12.3. The van der Waals surface area contributed by atoms with Crippen molar-refractivity contribution in [1.82, 2.24) is 14.8 Å². The summed E-state index contributed by atoms with van der Waals surface area (Å²) in [5.41, 5.74) is 2.91. The second-order valence-electron chi connectivity index (χ2n) is 5.88. The normalized spacial score (nSPS) is 10.2. The molecule has 0 spiro atoms. The summed E-state index contributed by atoms with van der Waals surface area (Å²) in [5.74, 6) is 0.840. The zero-order valence-electron chi connectivity index (χ0n) is 16.4. The van der Waals surface area contributed by atoms with Crippen molar-refractivity contribution in [3.63, 3.8) is 0 Å². The smallest absolute Gasteiger partial charge is 0.258 e. The lowest BCUT2D eigenvalue weighted by molar-refractivity contribution is 0.102. The van der Waals surface area contributed by atoms with E-state index < -0.39 is 0 Å². The van der Waals surface area contributed by atoms with E-state index in [2.05, 4.69) is 15.4 Å². The molecule has 3 aromatic heterocycles. The molecular weight excluding hydrogens is 388 g/mol. The molecule has 29 heavy (non-hydrogen) atoms. The molecule has 0 aliphatic heterocycles. The fourth-order valence-electron chi connectivity index (χ4n) is 2.73. The molecule has 0 radical (unpaired) electrons. The van der Waals surface area contributed by atoms with Crippen molar-refractivity contribution >= 4 is 23.3 Å². The predicted octanol–water partition coefficient (Wildman–Crippen LogP) is 5.67. The number of nitrogens with zero attached hydrogens (tertiary/aromatic N) is 3. The molecule has 4 aromatic rings. The van der Waals surface area contributed by atoms with Gasteiger partial charge in [0.25, 0.3) is 5.91 Å². The second-order valence-corrected chi connectivity index (χ2v) is 6.29. The van der Waals surface area contributed by atoms with E-state index in [9.17, 15) is 4.79 Å². The molecule has 3 heterocycles. The van der Waals surface area contributed by atoms with Crippen LogP contribution >= 0.6 is 11.6 Å². The molecule has 0 saturated heterocycles.